The van der Waals surface area contributed by atoms with Gasteiger partial charge in [-0.2, -0.15) is 0 Å². The van der Waals surface area contributed by atoms with E-state index in [1.54, 1.807) is 34.9 Å². The summed E-state index contributed by atoms with van der Waals surface area (Å²) in [6.45, 7) is 1.86. The van der Waals surface area contributed by atoms with Crippen molar-refractivity contribution in [1.82, 2.24) is 14.8 Å². The molecule has 1 heterocycles. The van der Waals surface area contributed by atoms with E-state index in [0.717, 1.165) is 0 Å². The fourth-order valence-corrected chi connectivity index (χ4v) is 3.73. The average molecular weight is 472 g/mol. The van der Waals surface area contributed by atoms with Gasteiger partial charge in [-0.3, -0.25) is 4.79 Å². The smallest absolute Gasteiger partial charge is 0.234 e. The van der Waals surface area contributed by atoms with Gasteiger partial charge in [0.25, 0.3) is 0 Å². The summed E-state index contributed by atoms with van der Waals surface area (Å²) in [6, 6.07) is 12.1. The highest BCUT2D eigenvalue weighted by Gasteiger charge is 2.19. The monoisotopic (exact) mass is 470 g/mol. The van der Waals surface area contributed by atoms with Crippen molar-refractivity contribution in [1.29, 1.82) is 0 Å². The molecule has 2 aromatic carbocycles. The highest BCUT2D eigenvalue weighted by atomic mass is 35.5. The van der Waals surface area contributed by atoms with Crippen molar-refractivity contribution in [3.05, 3.63) is 63.4 Å². The van der Waals surface area contributed by atoms with Gasteiger partial charge in [0.05, 0.1) is 21.5 Å². The third-order valence-corrected chi connectivity index (χ3v) is 5.80. The Morgan fingerprint density at radius 1 is 1.17 bits per heavy atom. The number of nitrogens with zero attached hydrogens (tertiary/aromatic N) is 3. The van der Waals surface area contributed by atoms with E-state index in [2.05, 4.69) is 15.5 Å². The molecule has 3 rings (SSSR count). The van der Waals surface area contributed by atoms with Gasteiger partial charge >= 0.3 is 0 Å². The predicted molar refractivity (Wildman–Crippen MR) is 117 cm³/mol. The molecule has 1 atom stereocenters. The van der Waals surface area contributed by atoms with Gasteiger partial charge in [-0.15, -0.1) is 10.2 Å². The number of carbonyl (C=O) groups is 1. The van der Waals surface area contributed by atoms with E-state index in [-0.39, 0.29) is 17.8 Å². The van der Waals surface area contributed by atoms with Crippen LogP contribution in [0.3, 0.4) is 0 Å². The minimum Gasteiger partial charge on any atom is -0.481 e. The summed E-state index contributed by atoms with van der Waals surface area (Å²) in [4.78, 5) is 12.2. The van der Waals surface area contributed by atoms with Crippen LogP contribution in [-0.4, -0.2) is 26.4 Å². The summed E-state index contributed by atoms with van der Waals surface area (Å²) < 4.78 is 7.67. The number of nitrogens with one attached hydrogen (secondary N) is 1. The Labute approximate surface area is 187 Å². The van der Waals surface area contributed by atoms with Crippen molar-refractivity contribution >= 4 is 58.2 Å². The van der Waals surface area contributed by atoms with Crippen molar-refractivity contribution in [2.75, 3.05) is 11.1 Å². The maximum Gasteiger partial charge on any atom is 0.234 e. The number of carbonyl (C=O) groups excluding carboxylic acids is 1. The molecule has 29 heavy (non-hydrogen) atoms. The van der Waals surface area contributed by atoms with E-state index in [1.165, 1.54) is 11.8 Å². The summed E-state index contributed by atoms with van der Waals surface area (Å²) in [5.41, 5.74) is 0.463. The van der Waals surface area contributed by atoms with Crippen molar-refractivity contribution in [3.8, 4) is 5.75 Å². The fraction of sp³-hybridized carbons (Fsp3) is 0.211. The first-order valence-electron chi connectivity index (χ1n) is 8.53. The summed E-state index contributed by atoms with van der Waals surface area (Å²) in [6.07, 6.45) is -0.374. The zero-order valence-corrected chi connectivity index (χ0v) is 18.6. The second-order valence-electron chi connectivity index (χ2n) is 6.05. The topological polar surface area (TPSA) is 69.0 Å². The van der Waals surface area contributed by atoms with Gasteiger partial charge in [0.2, 0.25) is 5.91 Å². The molecular weight excluding hydrogens is 455 g/mol. The highest BCUT2D eigenvalue weighted by Crippen LogP contribution is 2.29. The zero-order chi connectivity index (χ0) is 21.0. The lowest BCUT2D eigenvalue weighted by atomic mass is 10.3. The summed E-state index contributed by atoms with van der Waals surface area (Å²) >= 11 is 19.4. The molecule has 0 aliphatic rings. The molecule has 0 aliphatic carbocycles. The Morgan fingerprint density at radius 3 is 2.69 bits per heavy atom. The Morgan fingerprint density at radius 2 is 1.93 bits per heavy atom. The van der Waals surface area contributed by atoms with Gasteiger partial charge < -0.3 is 14.6 Å². The molecule has 10 heteroatoms. The zero-order valence-electron chi connectivity index (χ0n) is 15.5. The van der Waals surface area contributed by atoms with Crippen molar-refractivity contribution in [2.45, 2.75) is 18.2 Å². The van der Waals surface area contributed by atoms with Crippen LogP contribution in [0, 0.1) is 0 Å². The van der Waals surface area contributed by atoms with Crippen LogP contribution in [-0.2, 0) is 11.8 Å². The number of rotatable bonds is 7. The van der Waals surface area contributed by atoms with Crippen molar-refractivity contribution < 1.29 is 9.53 Å². The number of hydrogen-bond donors (Lipinski definition) is 1. The molecule has 0 radical (unpaired) electrons. The number of benzene rings is 2. The summed E-state index contributed by atoms with van der Waals surface area (Å²) in [5.74, 6) is 1.08. The third-order valence-electron chi connectivity index (χ3n) is 3.91. The number of hydrogen-bond acceptors (Lipinski definition) is 5. The van der Waals surface area contributed by atoms with Gasteiger partial charge in [-0.25, -0.2) is 0 Å². The number of amides is 1. The number of ether oxygens (including phenoxy) is 1. The standard InChI is InChI=1S/C19H17Cl3N4O2S/c1-11(28-16-6-4-3-5-14(16)22)18-24-25-19(26(18)2)29-10-17(27)23-15-9-12(20)7-8-13(15)21/h3-9,11H,10H2,1-2H3,(H,23,27)/t11-/m0/s1. The Kier molecular flexibility index (Phi) is 7.29. The van der Waals surface area contributed by atoms with Crippen LogP contribution in [0.25, 0.3) is 0 Å². The van der Waals surface area contributed by atoms with Crippen LogP contribution in [0.2, 0.25) is 15.1 Å². The molecular formula is C19H17Cl3N4O2S. The van der Waals surface area contributed by atoms with E-state index in [4.69, 9.17) is 39.5 Å². The van der Waals surface area contributed by atoms with Gasteiger partial charge in [-0.05, 0) is 37.3 Å². The van der Waals surface area contributed by atoms with E-state index < -0.39 is 0 Å². The van der Waals surface area contributed by atoms with Crippen LogP contribution in [0.5, 0.6) is 5.75 Å². The first-order valence-corrected chi connectivity index (χ1v) is 10.6. The largest absolute Gasteiger partial charge is 0.481 e. The molecule has 0 saturated heterocycles. The lowest BCUT2D eigenvalue weighted by Gasteiger charge is -2.15. The molecule has 1 amide bonds. The maximum atomic E-state index is 12.2. The van der Waals surface area contributed by atoms with Gasteiger partial charge in [0, 0.05) is 12.1 Å². The van der Waals surface area contributed by atoms with Crippen LogP contribution >= 0.6 is 46.6 Å². The number of halogens is 3. The van der Waals surface area contributed by atoms with E-state index in [0.29, 0.717) is 37.5 Å². The maximum absolute atomic E-state index is 12.2. The number of thioether (sulfide) groups is 1. The summed E-state index contributed by atoms with van der Waals surface area (Å²) in [5, 5.41) is 13.1. The molecule has 0 aliphatic heterocycles. The minimum atomic E-state index is -0.374. The molecule has 0 saturated carbocycles. The number of aromatic nitrogens is 3. The van der Waals surface area contributed by atoms with Crippen LogP contribution in [0.4, 0.5) is 5.69 Å². The lowest BCUT2D eigenvalue weighted by Crippen LogP contribution is -2.15. The van der Waals surface area contributed by atoms with Crippen LogP contribution in [0.15, 0.2) is 47.6 Å². The highest BCUT2D eigenvalue weighted by molar-refractivity contribution is 7.99. The molecule has 1 aromatic heterocycles. The molecule has 0 unspecified atom stereocenters. The van der Waals surface area contributed by atoms with Gasteiger partial charge in [0.1, 0.15) is 5.75 Å². The van der Waals surface area contributed by atoms with E-state index in [1.807, 2.05) is 26.1 Å². The van der Waals surface area contributed by atoms with Crippen molar-refractivity contribution in [3.63, 3.8) is 0 Å². The normalized spacial score (nSPS) is 11.9. The Bertz CT molecular complexity index is 1030. The molecule has 152 valence electrons. The summed E-state index contributed by atoms with van der Waals surface area (Å²) in [7, 11) is 1.82. The molecule has 1 N–H and O–H groups in total. The first kappa shape index (κ1) is 21.8. The number of anilines is 1. The third kappa shape index (κ3) is 5.57. The minimum absolute atomic E-state index is 0.133. The van der Waals surface area contributed by atoms with E-state index in [9.17, 15) is 4.79 Å². The predicted octanol–water partition coefficient (Wildman–Crippen LogP) is 5.65. The van der Waals surface area contributed by atoms with E-state index >= 15 is 0 Å². The quantitative estimate of drug-likeness (QED) is 0.451. The SMILES string of the molecule is C[C@H](Oc1ccccc1Cl)c1nnc(SCC(=O)Nc2cc(Cl)ccc2Cl)n1C. The van der Waals surface area contributed by atoms with Gasteiger partial charge in [0.15, 0.2) is 17.1 Å². The van der Waals surface area contributed by atoms with Crippen molar-refractivity contribution in [2.24, 2.45) is 7.05 Å². The van der Waals surface area contributed by atoms with Crippen LogP contribution < -0.4 is 10.1 Å². The molecule has 3 aromatic rings. The second kappa shape index (κ2) is 9.71. The molecule has 0 spiro atoms. The van der Waals surface area contributed by atoms with Gasteiger partial charge in [-0.1, -0.05) is 58.7 Å². The lowest BCUT2D eigenvalue weighted by molar-refractivity contribution is -0.113. The number of para-hydroxylation sites is 1. The molecule has 0 bridgehead atoms. The second-order valence-corrected chi connectivity index (χ2v) is 8.24. The average Bonchev–Trinajstić information content (AvgIpc) is 3.05. The fourth-order valence-electron chi connectivity index (χ4n) is 2.50. The van der Waals surface area contributed by atoms with Crippen LogP contribution in [0.1, 0.15) is 18.9 Å². The first-order chi connectivity index (χ1) is 13.8. The molecule has 6 nitrogen and oxygen atoms in total. The molecule has 0 fully saturated rings. The Hall–Kier alpha value is -1.93. The Balaban J connectivity index is 1.61.